The van der Waals surface area contributed by atoms with Gasteiger partial charge in [-0.05, 0) is 69.1 Å². The Hall–Kier alpha value is -2.82. The summed E-state index contributed by atoms with van der Waals surface area (Å²) in [5, 5.41) is 10.3. The highest BCUT2D eigenvalue weighted by Gasteiger charge is 2.63. The molecule has 3 aliphatic rings. The zero-order valence-corrected chi connectivity index (χ0v) is 21.8. The SMILES string of the molecule is C[C@H]1CCC(c2ccccc2)S(=O)(=O)N1Cc1cc(F)c([C@]2(c3c[nH]c(=O)o3)C[C@@](O)(C3CC3)C2)cc1F. The van der Waals surface area contributed by atoms with Gasteiger partial charge >= 0.3 is 5.76 Å². The molecule has 2 atom stereocenters. The molecule has 2 N–H and O–H groups in total. The minimum atomic E-state index is -3.83. The van der Waals surface area contributed by atoms with Crippen LogP contribution in [0.1, 0.15) is 73.1 Å². The number of benzene rings is 2. The van der Waals surface area contributed by atoms with E-state index >= 15 is 8.78 Å². The van der Waals surface area contributed by atoms with Crippen LogP contribution in [-0.4, -0.2) is 34.5 Å². The number of hydrogen-bond donors (Lipinski definition) is 2. The molecule has 1 unspecified atom stereocenters. The van der Waals surface area contributed by atoms with Crippen molar-refractivity contribution in [2.24, 2.45) is 5.92 Å². The number of aromatic nitrogens is 1. The van der Waals surface area contributed by atoms with Crippen LogP contribution in [0.15, 0.2) is 57.9 Å². The monoisotopic (exact) mass is 544 g/mol. The van der Waals surface area contributed by atoms with Crippen LogP contribution in [0.3, 0.4) is 0 Å². The van der Waals surface area contributed by atoms with Gasteiger partial charge in [-0.1, -0.05) is 30.3 Å². The van der Waals surface area contributed by atoms with Gasteiger partial charge < -0.3 is 9.52 Å². The minimum absolute atomic E-state index is 0.0106. The Morgan fingerprint density at radius 2 is 1.79 bits per heavy atom. The lowest BCUT2D eigenvalue weighted by Crippen LogP contribution is -2.57. The van der Waals surface area contributed by atoms with Crippen molar-refractivity contribution in [1.82, 2.24) is 9.29 Å². The third-order valence-corrected chi connectivity index (χ3v) is 11.1. The van der Waals surface area contributed by atoms with Crippen LogP contribution in [0.4, 0.5) is 8.78 Å². The lowest BCUT2D eigenvalue weighted by Gasteiger charge is -2.53. The van der Waals surface area contributed by atoms with Crippen LogP contribution < -0.4 is 5.76 Å². The van der Waals surface area contributed by atoms with E-state index in [1.165, 1.54) is 10.5 Å². The van der Waals surface area contributed by atoms with E-state index in [0.717, 1.165) is 25.0 Å². The molecule has 1 aliphatic heterocycles. The third kappa shape index (κ3) is 4.04. The van der Waals surface area contributed by atoms with Crippen molar-refractivity contribution in [1.29, 1.82) is 0 Å². The van der Waals surface area contributed by atoms with Gasteiger partial charge in [0.25, 0.3) is 0 Å². The summed E-state index contributed by atoms with van der Waals surface area (Å²) in [5.74, 6) is -1.95. The molecular formula is C28H30F2N2O5S. The van der Waals surface area contributed by atoms with Crippen LogP contribution >= 0.6 is 0 Å². The van der Waals surface area contributed by atoms with Gasteiger partial charge in [0.05, 0.1) is 11.0 Å². The molecule has 3 fully saturated rings. The van der Waals surface area contributed by atoms with Gasteiger partial charge in [0.15, 0.2) is 0 Å². The Morgan fingerprint density at radius 1 is 1.08 bits per heavy atom. The molecule has 38 heavy (non-hydrogen) atoms. The van der Waals surface area contributed by atoms with Crippen molar-refractivity contribution in [3.63, 3.8) is 0 Å². The third-order valence-electron chi connectivity index (χ3n) is 8.72. The molecule has 10 heteroatoms. The maximum atomic E-state index is 15.7. The van der Waals surface area contributed by atoms with Crippen LogP contribution in [-0.2, 0) is 22.0 Å². The number of aromatic amines is 1. The number of oxazole rings is 1. The van der Waals surface area contributed by atoms with Gasteiger partial charge in [0.1, 0.15) is 22.6 Å². The smallest absolute Gasteiger partial charge is 0.412 e. The van der Waals surface area contributed by atoms with Crippen LogP contribution in [0.25, 0.3) is 0 Å². The van der Waals surface area contributed by atoms with Crippen LogP contribution in [0.2, 0.25) is 0 Å². The zero-order valence-electron chi connectivity index (χ0n) is 21.0. The summed E-state index contributed by atoms with van der Waals surface area (Å²) in [5.41, 5.74) is -1.62. The molecule has 2 heterocycles. The summed E-state index contributed by atoms with van der Waals surface area (Å²) >= 11 is 0. The quantitative estimate of drug-likeness (QED) is 0.475. The molecule has 3 aromatic rings. The maximum Gasteiger partial charge on any atom is 0.416 e. The maximum absolute atomic E-state index is 15.7. The number of rotatable bonds is 6. The molecular weight excluding hydrogens is 514 g/mol. The van der Waals surface area contributed by atoms with Crippen LogP contribution in [0, 0.1) is 17.6 Å². The zero-order chi connectivity index (χ0) is 26.9. The second-order valence-corrected chi connectivity index (χ2v) is 13.3. The second-order valence-electron chi connectivity index (χ2n) is 11.2. The van der Waals surface area contributed by atoms with Crippen molar-refractivity contribution in [2.45, 2.75) is 74.3 Å². The average Bonchev–Trinajstić information content (AvgIpc) is 3.63. The highest BCUT2D eigenvalue weighted by atomic mass is 32.2. The Bertz CT molecular complexity index is 1520. The first-order valence-electron chi connectivity index (χ1n) is 13.0. The molecule has 202 valence electrons. The van der Waals surface area contributed by atoms with Gasteiger partial charge in [-0.2, -0.15) is 4.31 Å². The van der Waals surface area contributed by atoms with Crippen molar-refractivity contribution in [2.75, 3.05) is 0 Å². The fourth-order valence-electron chi connectivity index (χ4n) is 6.51. The Labute approximate surface area is 219 Å². The fourth-order valence-corrected chi connectivity index (χ4v) is 8.70. The molecule has 6 rings (SSSR count). The predicted octanol–water partition coefficient (Wildman–Crippen LogP) is 4.52. The Morgan fingerprint density at radius 3 is 2.42 bits per heavy atom. The molecule has 2 saturated carbocycles. The van der Waals surface area contributed by atoms with E-state index in [0.29, 0.717) is 18.4 Å². The van der Waals surface area contributed by atoms with Crippen molar-refractivity contribution >= 4 is 10.0 Å². The van der Waals surface area contributed by atoms with Gasteiger partial charge in [-0.15, -0.1) is 0 Å². The molecule has 7 nitrogen and oxygen atoms in total. The van der Waals surface area contributed by atoms with Gasteiger partial charge in [-0.25, -0.2) is 22.0 Å². The molecule has 2 aromatic carbocycles. The lowest BCUT2D eigenvalue weighted by molar-refractivity contribution is -0.101. The summed E-state index contributed by atoms with van der Waals surface area (Å²) in [4.78, 5) is 14.2. The van der Waals surface area contributed by atoms with Crippen LogP contribution in [0.5, 0.6) is 0 Å². The minimum Gasteiger partial charge on any atom is -0.412 e. The van der Waals surface area contributed by atoms with Crippen molar-refractivity contribution in [3.05, 3.63) is 93.3 Å². The number of aliphatic hydroxyl groups is 1. The molecule has 0 radical (unpaired) electrons. The summed E-state index contributed by atoms with van der Waals surface area (Å²) in [6.45, 7) is 1.48. The van der Waals surface area contributed by atoms with Crippen molar-refractivity contribution in [3.8, 4) is 0 Å². The van der Waals surface area contributed by atoms with E-state index in [2.05, 4.69) is 4.98 Å². The van der Waals surface area contributed by atoms with Gasteiger partial charge in [0.2, 0.25) is 10.0 Å². The normalized spacial score (nSPS) is 31.2. The Kier molecular flexibility index (Phi) is 5.93. The summed E-state index contributed by atoms with van der Waals surface area (Å²) in [6.07, 6.45) is 4.34. The Balaban J connectivity index is 1.34. The molecule has 2 aliphatic carbocycles. The number of nitrogens with one attached hydrogen (secondary N) is 1. The van der Waals surface area contributed by atoms with E-state index < -0.39 is 43.7 Å². The largest absolute Gasteiger partial charge is 0.416 e. The second kappa shape index (κ2) is 8.86. The average molecular weight is 545 g/mol. The molecule has 0 spiro atoms. The van der Waals surface area contributed by atoms with E-state index in [1.54, 1.807) is 31.2 Å². The first-order valence-corrected chi connectivity index (χ1v) is 14.5. The number of nitrogens with zero attached hydrogens (tertiary/aromatic N) is 1. The van der Waals surface area contributed by atoms with Crippen molar-refractivity contribution < 1.29 is 26.7 Å². The van der Waals surface area contributed by atoms with E-state index in [-0.39, 0.29) is 48.2 Å². The molecule has 1 saturated heterocycles. The highest BCUT2D eigenvalue weighted by molar-refractivity contribution is 7.89. The van der Waals surface area contributed by atoms with E-state index in [4.69, 9.17) is 4.42 Å². The molecule has 1 aromatic heterocycles. The van der Waals surface area contributed by atoms with E-state index in [1.807, 2.05) is 6.07 Å². The number of sulfonamides is 1. The molecule has 0 amide bonds. The topological polar surface area (TPSA) is 104 Å². The fraction of sp³-hybridized carbons (Fsp3) is 0.464. The molecule has 0 bridgehead atoms. The van der Waals surface area contributed by atoms with Gasteiger partial charge in [0, 0.05) is 29.9 Å². The number of hydrogen-bond acceptors (Lipinski definition) is 5. The summed E-state index contributed by atoms with van der Waals surface area (Å²) in [6, 6.07) is 10.7. The summed E-state index contributed by atoms with van der Waals surface area (Å²) < 4.78 is 65.0. The summed E-state index contributed by atoms with van der Waals surface area (Å²) in [7, 11) is -3.83. The first-order chi connectivity index (χ1) is 18.0. The number of H-pyrrole nitrogens is 1. The first kappa shape index (κ1) is 25.5. The standard InChI is InChI=1S/C28H30F2N2O5S/c1-17-7-10-24(18-5-3-2-4-6-18)38(35,36)32(17)14-19-11-23(30)21(12-22(19)29)27(25-13-31-26(33)37-25)15-28(34,16-27)20-8-9-20/h2-6,11-13,17,20,24,34H,7-10,14-16H2,1H3,(H,31,33)/t17-,24?,27-,28-/m0/s1. The van der Waals surface area contributed by atoms with E-state index in [9.17, 15) is 18.3 Å². The van der Waals surface area contributed by atoms with Gasteiger partial charge in [-0.3, -0.25) is 4.98 Å². The lowest BCUT2D eigenvalue weighted by atomic mass is 9.53. The predicted molar refractivity (Wildman–Crippen MR) is 136 cm³/mol. The highest BCUT2D eigenvalue weighted by Crippen LogP contribution is 2.62. The number of halogens is 2.